The molecular formula is C17H18FN3O3. The number of carbonyl (C=O) groups excluding carboxylic acids is 1. The van der Waals surface area contributed by atoms with Gasteiger partial charge in [-0.25, -0.2) is 9.07 Å². The molecule has 7 heteroatoms. The molecule has 1 amide bonds. The lowest BCUT2D eigenvalue weighted by molar-refractivity contribution is -0.142. The molecule has 1 fully saturated rings. The lowest BCUT2D eigenvalue weighted by Gasteiger charge is -2.22. The maximum Gasteiger partial charge on any atom is 0.308 e. The summed E-state index contributed by atoms with van der Waals surface area (Å²) < 4.78 is 14.7. The topological polar surface area (TPSA) is 75.4 Å². The van der Waals surface area contributed by atoms with Crippen molar-refractivity contribution in [3.05, 3.63) is 47.5 Å². The monoisotopic (exact) mass is 331 g/mol. The SMILES string of the molecule is Cc1cc(F)ccc1-n1ccc(C(=O)N2CCC(C(=O)O)C2C)n1. The van der Waals surface area contributed by atoms with Gasteiger partial charge in [-0.2, -0.15) is 5.10 Å². The molecule has 3 rings (SSSR count). The number of aliphatic carboxylic acids is 1. The van der Waals surface area contributed by atoms with Gasteiger partial charge in [0.1, 0.15) is 5.82 Å². The van der Waals surface area contributed by atoms with Gasteiger partial charge in [-0.15, -0.1) is 0 Å². The number of aromatic nitrogens is 2. The van der Waals surface area contributed by atoms with Crippen molar-refractivity contribution in [3.8, 4) is 5.69 Å². The minimum absolute atomic E-state index is 0.247. The van der Waals surface area contributed by atoms with E-state index in [1.165, 1.54) is 16.8 Å². The van der Waals surface area contributed by atoms with Crippen LogP contribution in [0.15, 0.2) is 30.5 Å². The second-order valence-electron chi connectivity index (χ2n) is 6.05. The molecule has 1 aliphatic heterocycles. The minimum Gasteiger partial charge on any atom is -0.481 e. The number of likely N-dealkylation sites (tertiary alicyclic amines) is 1. The van der Waals surface area contributed by atoms with Crippen LogP contribution in [0.4, 0.5) is 4.39 Å². The third-order valence-electron chi connectivity index (χ3n) is 4.55. The van der Waals surface area contributed by atoms with Crippen molar-refractivity contribution >= 4 is 11.9 Å². The number of hydrogen-bond donors (Lipinski definition) is 1. The normalized spacial score (nSPS) is 20.4. The van der Waals surface area contributed by atoms with Gasteiger partial charge < -0.3 is 10.0 Å². The second-order valence-corrected chi connectivity index (χ2v) is 6.05. The summed E-state index contributed by atoms with van der Waals surface area (Å²) in [6.07, 6.45) is 2.09. The highest BCUT2D eigenvalue weighted by Gasteiger charge is 2.38. The molecular weight excluding hydrogens is 313 g/mol. The Morgan fingerprint density at radius 2 is 2.08 bits per heavy atom. The number of benzene rings is 1. The van der Waals surface area contributed by atoms with Gasteiger partial charge in [-0.05, 0) is 50.1 Å². The first-order valence-corrected chi connectivity index (χ1v) is 7.74. The van der Waals surface area contributed by atoms with Crippen LogP contribution in [-0.2, 0) is 4.79 Å². The Balaban J connectivity index is 1.83. The van der Waals surface area contributed by atoms with Crippen LogP contribution in [-0.4, -0.2) is 44.3 Å². The van der Waals surface area contributed by atoms with Gasteiger partial charge in [0, 0.05) is 18.8 Å². The van der Waals surface area contributed by atoms with Gasteiger partial charge >= 0.3 is 5.97 Å². The van der Waals surface area contributed by atoms with E-state index < -0.39 is 11.9 Å². The first-order chi connectivity index (χ1) is 11.4. The van der Waals surface area contributed by atoms with Crippen LogP contribution in [0.5, 0.6) is 0 Å². The number of amides is 1. The Labute approximate surface area is 138 Å². The number of halogens is 1. The summed E-state index contributed by atoms with van der Waals surface area (Å²) in [4.78, 5) is 25.3. The molecule has 24 heavy (non-hydrogen) atoms. The van der Waals surface area contributed by atoms with Crippen molar-refractivity contribution in [2.75, 3.05) is 6.54 Å². The Morgan fingerprint density at radius 1 is 1.33 bits per heavy atom. The van der Waals surface area contributed by atoms with Gasteiger partial charge in [0.25, 0.3) is 5.91 Å². The Kier molecular flexibility index (Phi) is 4.09. The standard InChI is InChI=1S/C17H18FN3O3/c1-10-9-12(18)3-4-15(10)21-8-6-14(19-21)16(22)20-7-5-13(11(20)2)17(23)24/h3-4,6,8-9,11,13H,5,7H2,1-2H3,(H,23,24). The zero-order valence-electron chi connectivity index (χ0n) is 13.4. The summed E-state index contributed by atoms with van der Waals surface area (Å²) in [5.74, 6) is -2.05. The molecule has 1 N–H and O–H groups in total. The average Bonchev–Trinajstić information content (AvgIpc) is 3.13. The highest BCUT2D eigenvalue weighted by Crippen LogP contribution is 2.26. The molecule has 0 saturated carbocycles. The highest BCUT2D eigenvalue weighted by atomic mass is 19.1. The molecule has 2 unspecified atom stereocenters. The van der Waals surface area contributed by atoms with Crippen LogP contribution in [0.1, 0.15) is 29.4 Å². The lowest BCUT2D eigenvalue weighted by Crippen LogP contribution is -2.37. The van der Waals surface area contributed by atoms with Crippen molar-refractivity contribution in [3.63, 3.8) is 0 Å². The van der Waals surface area contributed by atoms with Gasteiger partial charge in [0.05, 0.1) is 11.6 Å². The van der Waals surface area contributed by atoms with Gasteiger partial charge in [0.2, 0.25) is 0 Å². The number of carboxylic acids is 1. The van der Waals surface area contributed by atoms with Crippen LogP contribution in [0, 0.1) is 18.7 Å². The lowest BCUT2D eigenvalue weighted by atomic mass is 10.0. The fourth-order valence-electron chi connectivity index (χ4n) is 3.15. The van der Waals surface area contributed by atoms with Crippen molar-refractivity contribution in [1.82, 2.24) is 14.7 Å². The van der Waals surface area contributed by atoms with Crippen LogP contribution >= 0.6 is 0 Å². The minimum atomic E-state index is -0.884. The molecule has 0 aliphatic carbocycles. The molecule has 0 bridgehead atoms. The molecule has 6 nitrogen and oxygen atoms in total. The van der Waals surface area contributed by atoms with E-state index in [1.807, 2.05) is 0 Å². The number of carbonyl (C=O) groups is 2. The molecule has 1 aromatic carbocycles. The van der Waals surface area contributed by atoms with E-state index in [0.717, 1.165) is 0 Å². The molecule has 2 atom stereocenters. The summed E-state index contributed by atoms with van der Waals surface area (Å²) in [6, 6.07) is 5.56. The predicted octanol–water partition coefficient (Wildman–Crippen LogP) is 2.26. The quantitative estimate of drug-likeness (QED) is 0.936. The van der Waals surface area contributed by atoms with E-state index in [2.05, 4.69) is 5.10 Å². The van der Waals surface area contributed by atoms with Gasteiger partial charge in [-0.3, -0.25) is 9.59 Å². The Morgan fingerprint density at radius 3 is 2.71 bits per heavy atom. The summed E-state index contributed by atoms with van der Waals surface area (Å²) in [5.41, 5.74) is 1.64. The first kappa shape index (κ1) is 16.2. The largest absolute Gasteiger partial charge is 0.481 e. The maximum atomic E-state index is 13.2. The molecule has 1 aliphatic rings. The van der Waals surface area contributed by atoms with Gasteiger partial charge in [0.15, 0.2) is 5.69 Å². The first-order valence-electron chi connectivity index (χ1n) is 7.74. The zero-order chi connectivity index (χ0) is 17.4. The fraction of sp³-hybridized carbons (Fsp3) is 0.353. The number of carboxylic acid groups (broad SMARTS) is 1. The Bertz CT molecular complexity index is 802. The van der Waals surface area contributed by atoms with Gasteiger partial charge in [-0.1, -0.05) is 0 Å². The third kappa shape index (κ3) is 2.77. The molecule has 2 heterocycles. The van der Waals surface area contributed by atoms with Crippen LogP contribution in [0.2, 0.25) is 0 Å². The van der Waals surface area contributed by atoms with E-state index in [-0.39, 0.29) is 23.5 Å². The van der Waals surface area contributed by atoms with Crippen molar-refractivity contribution in [2.45, 2.75) is 26.3 Å². The van der Waals surface area contributed by atoms with Crippen LogP contribution in [0.25, 0.3) is 5.69 Å². The Hall–Kier alpha value is -2.70. The molecule has 0 spiro atoms. The van der Waals surface area contributed by atoms with Crippen molar-refractivity contribution in [2.24, 2.45) is 5.92 Å². The average molecular weight is 331 g/mol. The fourth-order valence-corrected chi connectivity index (χ4v) is 3.15. The zero-order valence-corrected chi connectivity index (χ0v) is 13.4. The highest BCUT2D eigenvalue weighted by molar-refractivity contribution is 5.93. The molecule has 1 aromatic heterocycles. The predicted molar refractivity (Wildman–Crippen MR) is 84.5 cm³/mol. The van der Waals surface area contributed by atoms with E-state index in [1.54, 1.807) is 37.1 Å². The number of hydrogen-bond acceptors (Lipinski definition) is 3. The third-order valence-corrected chi connectivity index (χ3v) is 4.55. The molecule has 1 saturated heterocycles. The molecule has 0 radical (unpaired) electrons. The second kappa shape index (κ2) is 6.07. The van der Waals surface area contributed by atoms with Crippen LogP contribution < -0.4 is 0 Å². The number of aryl methyl sites for hydroxylation is 1. The van der Waals surface area contributed by atoms with Crippen molar-refractivity contribution < 1.29 is 19.1 Å². The summed E-state index contributed by atoms with van der Waals surface area (Å²) in [6.45, 7) is 3.91. The summed E-state index contributed by atoms with van der Waals surface area (Å²) in [7, 11) is 0. The maximum absolute atomic E-state index is 13.2. The van der Waals surface area contributed by atoms with E-state index in [4.69, 9.17) is 0 Å². The summed E-state index contributed by atoms with van der Waals surface area (Å²) in [5, 5.41) is 13.4. The molecule has 126 valence electrons. The molecule has 2 aromatic rings. The number of nitrogens with zero attached hydrogens (tertiary/aromatic N) is 3. The van der Waals surface area contributed by atoms with E-state index >= 15 is 0 Å². The van der Waals surface area contributed by atoms with Crippen molar-refractivity contribution in [1.29, 1.82) is 0 Å². The smallest absolute Gasteiger partial charge is 0.308 e. The van der Waals surface area contributed by atoms with E-state index in [9.17, 15) is 19.1 Å². The summed E-state index contributed by atoms with van der Waals surface area (Å²) >= 11 is 0. The van der Waals surface area contributed by atoms with Crippen LogP contribution in [0.3, 0.4) is 0 Å². The van der Waals surface area contributed by atoms with E-state index in [0.29, 0.717) is 24.2 Å². The number of rotatable bonds is 3.